The molecule has 3 aromatic rings. The van der Waals surface area contributed by atoms with Crippen molar-refractivity contribution in [3.63, 3.8) is 0 Å². The minimum atomic E-state index is -4.22. The van der Waals surface area contributed by atoms with Gasteiger partial charge in [-0.05, 0) is 42.8 Å². The molecule has 2 aromatic carbocycles. The molecule has 2 N–H and O–H groups in total. The zero-order valence-corrected chi connectivity index (χ0v) is 23.2. The fourth-order valence-electron chi connectivity index (χ4n) is 4.12. The highest BCUT2D eigenvalue weighted by molar-refractivity contribution is 7.92. The Morgan fingerprint density at radius 3 is 2.42 bits per heavy atom. The molecule has 36 heavy (non-hydrogen) atoms. The lowest BCUT2D eigenvalue weighted by atomic mass is 10.2. The van der Waals surface area contributed by atoms with E-state index in [9.17, 15) is 21.9 Å². The standard InChI is InChI=1S/C25H31N3O5S2Si/c1-36(2,3)16-12-20-9-10-24-21(17-20)18-25(28(24)34(30,31)23-7-5-4-6-8-23)35(32,33)27-14-13-26-22(19-27)11-15-29/h4-10,17-18,22,26,29H,11,13-15,19H2,1-3H3. The highest BCUT2D eigenvalue weighted by Crippen LogP contribution is 2.31. The smallest absolute Gasteiger partial charge is 0.269 e. The summed E-state index contributed by atoms with van der Waals surface area (Å²) in [7, 11) is -10.0. The van der Waals surface area contributed by atoms with Crippen LogP contribution in [0.3, 0.4) is 0 Å². The fraction of sp³-hybridized carbons (Fsp3) is 0.360. The van der Waals surface area contributed by atoms with Crippen LogP contribution in [0, 0.1) is 11.5 Å². The summed E-state index contributed by atoms with van der Waals surface area (Å²) in [5.74, 6) is 3.16. The minimum Gasteiger partial charge on any atom is -0.396 e. The molecule has 1 unspecified atom stereocenters. The second kappa shape index (κ2) is 10.1. The number of aliphatic hydroxyl groups is 1. The van der Waals surface area contributed by atoms with Crippen molar-refractivity contribution in [3.8, 4) is 11.5 Å². The third-order valence-corrected chi connectivity index (χ3v) is 10.5. The van der Waals surface area contributed by atoms with E-state index in [4.69, 9.17) is 0 Å². The van der Waals surface area contributed by atoms with Crippen molar-refractivity contribution in [3.05, 3.63) is 60.2 Å². The Hall–Kier alpha value is -2.46. The van der Waals surface area contributed by atoms with Crippen LogP contribution >= 0.6 is 0 Å². The highest BCUT2D eigenvalue weighted by Gasteiger charge is 2.36. The molecule has 11 heteroatoms. The molecule has 0 radical (unpaired) electrons. The van der Waals surface area contributed by atoms with Crippen LogP contribution in [0.25, 0.3) is 10.9 Å². The van der Waals surface area contributed by atoms with Gasteiger partial charge >= 0.3 is 0 Å². The van der Waals surface area contributed by atoms with Gasteiger partial charge in [0.05, 0.1) is 10.4 Å². The largest absolute Gasteiger partial charge is 0.396 e. The molecule has 0 saturated carbocycles. The maximum absolute atomic E-state index is 13.9. The molecule has 0 spiro atoms. The lowest BCUT2D eigenvalue weighted by molar-refractivity contribution is 0.227. The van der Waals surface area contributed by atoms with E-state index in [1.165, 1.54) is 22.5 Å². The Balaban J connectivity index is 1.92. The van der Waals surface area contributed by atoms with Gasteiger partial charge in [-0.3, -0.25) is 0 Å². The van der Waals surface area contributed by atoms with Crippen LogP contribution in [0.4, 0.5) is 0 Å². The zero-order chi connectivity index (χ0) is 26.1. The van der Waals surface area contributed by atoms with Gasteiger partial charge in [-0.15, -0.1) is 5.54 Å². The van der Waals surface area contributed by atoms with Gasteiger partial charge in [0.15, 0.2) is 5.03 Å². The van der Waals surface area contributed by atoms with Gasteiger partial charge in [0.2, 0.25) is 0 Å². The molecule has 0 aliphatic carbocycles. The summed E-state index contributed by atoms with van der Waals surface area (Å²) in [5.41, 5.74) is 4.27. The van der Waals surface area contributed by atoms with E-state index in [-0.39, 0.29) is 41.2 Å². The molecule has 2 heterocycles. The van der Waals surface area contributed by atoms with Crippen molar-refractivity contribution in [2.24, 2.45) is 0 Å². The zero-order valence-electron chi connectivity index (χ0n) is 20.6. The molecule has 4 rings (SSSR count). The van der Waals surface area contributed by atoms with Crippen LogP contribution in [-0.4, -0.2) is 70.6 Å². The predicted octanol–water partition coefficient (Wildman–Crippen LogP) is 2.45. The van der Waals surface area contributed by atoms with Gasteiger partial charge in [0, 0.05) is 43.2 Å². The first-order chi connectivity index (χ1) is 16.9. The maximum atomic E-state index is 13.9. The number of benzene rings is 2. The first kappa shape index (κ1) is 26.6. The monoisotopic (exact) mass is 545 g/mol. The summed E-state index contributed by atoms with van der Waals surface area (Å²) < 4.78 is 57.5. The number of fused-ring (bicyclic) bond motifs is 1. The normalized spacial score (nSPS) is 17.6. The van der Waals surface area contributed by atoms with Gasteiger partial charge in [-0.25, -0.2) is 20.8 Å². The Morgan fingerprint density at radius 1 is 1.03 bits per heavy atom. The third-order valence-electron chi connectivity index (χ3n) is 5.89. The maximum Gasteiger partial charge on any atom is 0.269 e. The lowest BCUT2D eigenvalue weighted by Crippen LogP contribution is -2.53. The molecule has 8 nitrogen and oxygen atoms in total. The van der Waals surface area contributed by atoms with E-state index >= 15 is 0 Å². The summed E-state index contributed by atoms with van der Waals surface area (Å²) in [6.45, 7) is 7.06. The van der Waals surface area contributed by atoms with Gasteiger partial charge in [0.25, 0.3) is 20.0 Å². The SMILES string of the molecule is C[Si](C)(C)C#Cc1ccc2c(c1)cc(S(=O)(=O)N1CCNC(CCO)C1)n2S(=O)(=O)c1ccccc1. The number of rotatable bonds is 6. The molecule has 1 aliphatic heterocycles. The van der Waals surface area contributed by atoms with Crippen molar-refractivity contribution < 1.29 is 21.9 Å². The Morgan fingerprint density at radius 2 is 1.75 bits per heavy atom. The van der Waals surface area contributed by atoms with Crippen LogP contribution in [0.15, 0.2) is 64.5 Å². The van der Waals surface area contributed by atoms with Crippen LogP contribution in [0.1, 0.15) is 12.0 Å². The summed E-state index contributed by atoms with van der Waals surface area (Å²) in [5, 5.41) is 12.7. The van der Waals surface area contributed by atoms with Crippen LogP contribution < -0.4 is 5.32 Å². The quantitative estimate of drug-likeness (QED) is 0.364. The van der Waals surface area contributed by atoms with Crippen molar-refractivity contribution in [2.45, 2.75) is 42.0 Å². The predicted molar refractivity (Wildman–Crippen MR) is 143 cm³/mol. The van der Waals surface area contributed by atoms with E-state index in [1.807, 2.05) is 0 Å². The minimum absolute atomic E-state index is 0.0000173. The van der Waals surface area contributed by atoms with Gasteiger partial charge < -0.3 is 10.4 Å². The molecule has 1 saturated heterocycles. The Bertz CT molecular complexity index is 1530. The van der Waals surface area contributed by atoms with Crippen LogP contribution in [0.5, 0.6) is 0 Å². The average Bonchev–Trinajstić information content (AvgIpc) is 3.24. The number of aromatic nitrogens is 1. The van der Waals surface area contributed by atoms with E-state index in [1.54, 1.807) is 36.4 Å². The number of nitrogens with one attached hydrogen (secondary N) is 1. The molecule has 1 aromatic heterocycles. The summed E-state index contributed by atoms with van der Waals surface area (Å²) >= 11 is 0. The molecule has 1 fully saturated rings. The molecular weight excluding hydrogens is 515 g/mol. The molecule has 1 aliphatic rings. The van der Waals surface area contributed by atoms with E-state index < -0.39 is 28.1 Å². The fourth-order valence-corrected chi connectivity index (χ4v) is 8.20. The summed E-state index contributed by atoms with van der Waals surface area (Å²) in [6, 6.07) is 14.1. The second-order valence-electron chi connectivity index (χ2n) is 9.87. The third kappa shape index (κ3) is 5.44. The van der Waals surface area contributed by atoms with Gasteiger partial charge in [0.1, 0.15) is 8.07 Å². The molecule has 192 valence electrons. The summed E-state index contributed by atoms with van der Waals surface area (Å²) in [4.78, 5) is 0.0000173. The number of sulfonamides is 1. The van der Waals surface area contributed by atoms with Gasteiger partial charge in [-0.1, -0.05) is 43.8 Å². The molecule has 0 amide bonds. The van der Waals surface area contributed by atoms with Crippen molar-refractivity contribution in [2.75, 3.05) is 26.2 Å². The molecular formula is C25H31N3O5S2Si. The average molecular weight is 546 g/mol. The Kier molecular flexibility index (Phi) is 7.48. The van der Waals surface area contributed by atoms with Gasteiger partial charge in [-0.2, -0.15) is 4.31 Å². The number of nitrogens with zero attached hydrogens (tertiary/aromatic N) is 2. The second-order valence-corrected chi connectivity index (χ2v) is 18.3. The first-order valence-electron chi connectivity index (χ1n) is 11.8. The van der Waals surface area contributed by atoms with Crippen molar-refractivity contribution in [1.82, 2.24) is 13.6 Å². The topological polar surface area (TPSA) is 109 Å². The van der Waals surface area contributed by atoms with Crippen LogP contribution in [-0.2, 0) is 20.0 Å². The van der Waals surface area contributed by atoms with Crippen molar-refractivity contribution >= 4 is 39.0 Å². The number of piperazine rings is 1. The number of hydrogen-bond acceptors (Lipinski definition) is 6. The van der Waals surface area contributed by atoms with Crippen molar-refractivity contribution in [1.29, 1.82) is 0 Å². The lowest BCUT2D eigenvalue weighted by Gasteiger charge is -2.32. The van der Waals surface area contributed by atoms with E-state index in [2.05, 4.69) is 36.4 Å². The van der Waals surface area contributed by atoms with E-state index in [0.29, 0.717) is 23.9 Å². The van der Waals surface area contributed by atoms with Crippen LogP contribution in [0.2, 0.25) is 19.6 Å². The number of hydrogen-bond donors (Lipinski definition) is 2. The number of aliphatic hydroxyl groups excluding tert-OH is 1. The summed E-state index contributed by atoms with van der Waals surface area (Å²) in [6.07, 6.45) is 0.399. The molecule has 1 atom stereocenters. The Labute approximate surface area is 214 Å². The van der Waals surface area contributed by atoms with E-state index in [0.717, 1.165) is 3.97 Å². The highest BCUT2D eigenvalue weighted by atomic mass is 32.2. The first-order valence-corrected chi connectivity index (χ1v) is 18.2. The molecule has 0 bridgehead atoms.